The topological polar surface area (TPSA) is 52.3 Å². The molecule has 0 aliphatic heterocycles. The lowest BCUT2D eigenvalue weighted by molar-refractivity contribution is -0.145. The second kappa shape index (κ2) is 6.10. The summed E-state index contributed by atoms with van der Waals surface area (Å²) in [5.41, 5.74) is 4.35. The average molecular weight is 308 g/mol. The second-order valence-electron chi connectivity index (χ2n) is 2.87. The van der Waals surface area contributed by atoms with E-state index in [-0.39, 0.29) is 6.61 Å². The fourth-order valence-corrected chi connectivity index (χ4v) is 2.10. The Bertz CT molecular complexity index is 389. The lowest BCUT2D eigenvalue weighted by atomic mass is 10.3. The number of esters is 1. The van der Waals surface area contributed by atoms with E-state index < -0.39 is 11.5 Å². The van der Waals surface area contributed by atoms with E-state index in [2.05, 4.69) is 20.7 Å². The van der Waals surface area contributed by atoms with Crippen LogP contribution in [-0.4, -0.2) is 18.1 Å². The van der Waals surface area contributed by atoms with Crippen LogP contribution in [0.2, 0.25) is 0 Å². The molecule has 1 atom stereocenters. The van der Waals surface area contributed by atoms with E-state index in [9.17, 15) is 9.18 Å². The van der Waals surface area contributed by atoms with Gasteiger partial charge in [-0.25, -0.2) is 9.18 Å². The van der Waals surface area contributed by atoms with Crippen LogP contribution in [0.1, 0.15) is 6.92 Å². The zero-order valence-corrected chi connectivity index (χ0v) is 11.0. The molecule has 0 spiro atoms. The van der Waals surface area contributed by atoms with Crippen LogP contribution in [0.4, 0.5) is 10.1 Å². The summed E-state index contributed by atoms with van der Waals surface area (Å²) in [4.78, 5) is 11.6. The van der Waals surface area contributed by atoms with Crippen LogP contribution in [0.3, 0.4) is 0 Å². The molecule has 1 aromatic carbocycles. The first kappa shape index (κ1) is 13.3. The molecule has 0 bridgehead atoms. The molecule has 0 aromatic heterocycles. The van der Waals surface area contributed by atoms with Gasteiger partial charge in [-0.05, 0) is 25.1 Å². The molecule has 0 saturated heterocycles. The van der Waals surface area contributed by atoms with Crippen molar-refractivity contribution >= 4 is 39.3 Å². The van der Waals surface area contributed by atoms with Gasteiger partial charge in [-0.2, -0.15) is 0 Å². The smallest absolute Gasteiger partial charge is 0.351 e. The zero-order valence-electron chi connectivity index (χ0n) is 8.57. The van der Waals surface area contributed by atoms with Crippen molar-refractivity contribution in [1.29, 1.82) is 0 Å². The first-order valence-corrected chi connectivity index (χ1v) is 6.24. The van der Waals surface area contributed by atoms with Crippen LogP contribution in [0, 0.1) is 0 Å². The SMILES string of the molecule is CCOC(=O)C(F)Sc1ccc(Br)cc1N. The van der Waals surface area contributed by atoms with Crippen LogP contribution in [0.5, 0.6) is 0 Å². The Morgan fingerprint density at radius 2 is 2.38 bits per heavy atom. The molecule has 0 aliphatic carbocycles. The number of ether oxygens (including phenoxy) is 1. The van der Waals surface area contributed by atoms with Gasteiger partial charge < -0.3 is 10.5 Å². The molecule has 3 nitrogen and oxygen atoms in total. The van der Waals surface area contributed by atoms with Gasteiger partial charge >= 0.3 is 5.97 Å². The maximum Gasteiger partial charge on any atom is 0.351 e. The highest BCUT2D eigenvalue weighted by Crippen LogP contribution is 2.31. The fourth-order valence-electron chi connectivity index (χ4n) is 0.994. The van der Waals surface area contributed by atoms with Crippen molar-refractivity contribution in [2.75, 3.05) is 12.3 Å². The van der Waals surface area contributed by atoms with Gasteiger partial charge in [0, 0.05) is 15.1 Å². The highest BCUT2D eigenvalue weighted by atomic mass is 79.9. The summed E-state index contributed by atoms with van der Waals surface area (Å²) in [7, 11) is 0. The monoisotopic (exact) mass is 307 g/mol. The van der Waals surface area contributed by atoms with Gasteiger partial charge in [-0.1, -0.05) is 27.7 Å². The quantitative estimate of drug-likeness (QED) is 0.528. The summed E-state index contributed by atoms with van der Waals surface area (Å²) in [5, 5.41) is 0. The normalized spacial score (nSPS) is 12.2. The number of benzene rings is 1. The number of halogens is 2. The third-order valence-corrected chi connectivity index (χ3v) is 3.19. The molecule has 0 saturated carbocycles. The van der Waals surface area contributed by atoms with Crippen LogP contribution < -0.4 is 5.73 Å². The Balaban J connectivity index is 2.69. The maximum atomic E-state index is 13.4. The van der Waals surface area contributed by atoms with Crippen molar-refractivity contribution < 1.29 is 13.9 Å². The Morgan fingerprint density at radius 1 is 1.69 bits per heavy atom. The summed E-state index contributed by atoms with van der Waals surface area (Å²) in [6.45, 7) is 1.79. The largest absolute Gasteiger partial charge is 0.463 e. The molecule has 0 aliphatic rings. The summed E-state index contributed by atoms with van der Waals surface area (Å²) >= 11 is 3.98. The van der Waals surface area contributed by atoms with Gasteiger partial charge in [0.05, 0.1) is 6.61 Å². The lowest BCUT2D eigenvalue weighted by Crippen LogP contribution is -2.15. The van der Waals surface area contributed by atoms with E-state index in [4.69, 9.17) is 5.73 Å². The van der Waals surface area contributed by atoms with Gasteiger partial charge in [0.1, 0.15) is 0 Å². The molecular weight excluding hydrogens is 297 g/mol. The Hall–Kier alpha value is -0.750. The van der Waals surface area contributed by atoms with Crippen molar-refractivity contribution in [3.8, 4) is 0 Å². The summed E-state index contributed by atoms with van der Waals surface area (Å²) < 4.78 is 18.7. The van der Waals surface area contributed by atoms with Crippen molar-refractivity contribution in [3.63, 3.8) is 0 Å². The van der Waals surface area contributed by atoms with E-state index >= 15 is 0 Å². The number of carbonyl (C=O) groups is 1. The van der Waals surface area contributed by atoms with Crippen LogP contribution in [0.15, 0.2) is 27.6 Å². The molecule has 88 valence electrons. The van der Waals surface area contributed by atoms with E-state index in [1.807, 2.05) is 0 Å². The van der Waals surface area contributed by atoms with E-state index in [0.717, 1.165) is 16.2 Å². The molecular formula is C10H11BrFNO2S. The molecule has 16 heavy (non-hydrogen) atoms. The number of hydrogen-bond donors (Lipinski definition) is 1. The molecule has 0 radical (unpaired) electrons. The molecule has 1 unspecified atom stereocenters. The first-order valence-electron chi connectivity index (χ1n) is 4.57. The highest BCUT2D eigenvalue weighted by Gasteiger charge is 2.20. The Labute approximate surface area is 106 Å². The highest BCUT2D eigenvalue weighted by molar-refractivity contribution is 9.10. The molecule has 1 aromatic rings. The lowest BCUT2D eigenvalue weighted by Gasteiger charge is -2.09. The Morgan fingerprint density at radius 3 is 2.94 bits per heavy atom. The van der Waals surface area contributed by atoms with E-state index in [0.29, 0.717) is 10.6 Å². The molecule has 0 heterocycles. The van der Waals surface area contributed by atoms with Gasteiger partial charge in [0.2, 0.25) is 5.50 Å². The zero-order chi connectivity index (χ0) is 12.1. The number of nitrogens with two attached hydrogens (primary N) is 1. The second-order valence-corrected chi connectivity index (χ2v) is 4.87. The number of nitrogen functional groups attached to an aromatic ring is 1. The number of anilines is 1. The first-order chi connectivity index (χ1) is 7.54. The van der Waals surface area contributed by atoms with Crippen molar-refractivity contribution in [2.24, 2.45) is 0 Å². The number of carbonyl (C=O) groups excluding carboxylic acids is 1. The third-order valence-electron chi connectivity index (χ3n) is 1.67. The van der Waals surface area contributed by atoms with Crippen LogP contribution >= 0.6 is 27.7 Å². The van der Waals surface area contributed by atoms with Crippen LogP contribution in [-0.2, 0) is 9.53 Å². The molecule has 6 heteroatoms. The standard InChI is InChI=1S/C10H11BrFNO2S/c1-2-15-10(14)9(12)16-8-4-3-6(11)5-7(8)13/h3-5,9H,2,13H2,1H3. The average Bonchev–Trinajstić information content (AvgIpc) is 2.22. The molecule has 0 fully saturated rings. The van der Waals surface area contributed by atoms with E-state index in [1.165, 1.54) is 0 Å². The maximum absolute atomic E-state index is 13.4. The summed E-state index contributed by atoms with van der Waals surface area (Å²) in [6, 6.07) is 5.03. The minimum absolute atomic E-state index is 0.162. The van der Waals surface area contributed by atoms with Gasteiger partial charge in [-0.3, -0.25) is 0 Å². The Kier molecular flexibility index (Phi) is 5.08. The number of alkyl halides is 1. The number of hydrogen-bond acceptors (Lipinski definition) is 4. The van der Waals surface area contributed by atoms with Gasteiger partial charge in [0.15, 0.2) is 0 Å². The fraction of sp³-hybridized carbons (Fsp3) is 0.300. The summed E-state index contributed by atoms with van der Waals surface area (Å²) in [6.07, 6.45) is 0. The van der Waals surface area contributed by atoms with Crippen molar-refractivity contribution in [1.82, 2.24) is 0 Å². The predicted molar refractivity (Wildman–Crippen MR) is 65.9 cm³/mol. The van der Waals surface area contributed by atoms with Crippen molar-refractivity contribution in [3.05, 3.63) is 22.7 Å². The minimum Gasteiger partial charge on any atom is -0.463 e. The van der Waals surface area contributed by atoms with Gasteiger partial charge in [-0.15, -0.1) is 0 Å². The van der Waals surface area contributed by atoms with Gasteiger partial charge in [0.25, 0.3) is 0 Å². The number of rotatable bonds is 4. The predicted octanol–water partition coefficient (Wildman–Crippen LogP) is 2.98. The molecule has 2 N–H and O–H groups in total. The summed E-state index contributed by atoms with van der Waals surface area (Å²) in [5.74, 6) is -0.880. The third kappa shape index (κ3) is 3.68. The minimum atomic E-state index is -1.75. The molecule has 1 rings (SSSR count). The number of thioether (sulfide) groups is 1. The van der Waals surface area contributed by atoms with Crippen LogP contribution in [0.25, 0.3) is 0 Å². The van der Waals surface area contributed by atoms with E-state index in [1.54, 1.807) is 25.1 Å². The van der Waals surface area contributed by atoms with Crippen molar-refractivity contribution in [2.45, 2.75) is 17.3 Å². The molecule has 0 amide bonds.